The van der Waals surface area contributed by atoms with Gasteiger partial charge in [-0.05, 0) is 50.5 Å². The molecule has 112 valence electrons. The van der Waals surface area contributed by atoms with E-state index in [9.17, 15) is 5.11 Å². The van der Waals surface area contributed by atoms with Crippen LogP contribution in [0.5, 0.6) is 0 Å². The third-order valence-electron chi connectivity index (χ3n) is 5.36. The number of aliphatic hydroxyl groups excluding tert-OH is 1. The molecule has 0 amide bonds. The van der Waals surface area contributed by atoms with Gasteiger partial charge in [0.1, 0.15) is 0 Å². The molecule has 2 rings (SSSR count). The molecule has 0 aromatic carbocycles. The molecule has 0 radical (unpaired) electrons. The van der Waals surface area contributed by atoms with Crippen molar-refractivity contribution in [3.8, 4) is 0 Å². The van der Waals surface area contributed by atoms with E-state index in [4.69, 9.17) is 5.73 Å². The van der Waals surface area contributed by atoms with Crippen molar-refractivity contribution in [3.63, 3.8) is 0 Å². The largest absolute Gasteiger partial charge is 0.391 e. The van der Waals surface area contributed by atoms with Crippen LogP contribution < -0.4 is 5.73 Å². The third kappa shape index (κ3) is 3.93. The van der Waals surface area contributed by atoms with E-state index in [1.165, 1.54) is 25.7 Å². The fraction of sp³-hybridized carbons (Fsp3) is 1.00. The lowest BCUT2D eigenvalue weighted by Crippen LogP contribution is -2.50. The Kier molecular flexibility index (Phi) is 4.91. The molecule has 0 saturated heterocycles. The molecular weight excluding hydrogens is 236 g/mol. The van der Waals surface area contributed by atoms with Gasteiger partial charge in [0.25, 0.3) is 0 Å². The van der Waals surface area contributed by atoms with Gasteiger partial charge in [0.15, 0.2) is 0 Å². The molecule has 3 heteroatoms. The molecule has 0 heterocycles. The molecule has 4 atom stereocenters. The summed E-state index contributed by atoms with van der Waals surface area (Å²) in [5, 5.41) is 10.2. The zero-order valence-electron chi connectivity index (χ0n) is 12.9. The fourth-order valence-corrected chi connectivity index (χ4v) is 4.07. The summed E-state index contributed by atoms with van der Waals surface area (Å²) in [5.74, 6) is 0.586. The Bertz CT molecular complexity index is 292. The first-order valence-corrected chi connectivity index (χ1v) is 8.03. The van der Waals surface area contributed by atoms with Crippen LogP contribution in [-0.4, -0.2) is 41.8 Å². The van der Waals surface area contributed by atoms with Gasteiger partial charge in [0.05, 0.1) is 6.10 Å². The van der Waals surface area contributed by atoms with Crippen molar-refractivity contribution >= 4 is 0 Å². The molecule has 0 bridgehead atoms. The van der Waals surface area contributed by atoms with E-state index in [2.05, 4.69) is 25.8 Å². The number of nitrogens with two attached hydrogens (primary N) is 1. The lowest BCUT2D eigenvalue weighted by atomic mass is 9.70. The van der Waals surface area contributed by atoms with Crippen molar-refractivity contribution in [1.29, 1.82) is 0 Å². The topological polar surface area (TPSA) is 49.5 Å². The lowest BCUT2D eigenvalue weighted by Gasteiger charge is -2.43. The predicted octanol–water partition coefficient (Wildman–Crippen LogP) is 2.38. The number of hydrogen-bond acceptors (Lipinski definition) is 3. The van der Waals surface area contributed by atoms with E-state index in [-0.39, 0.29) is 6.10 Å². The average Bonchev–Trinajstić information content (AvgIpc) is 2.34. The van der Waals surface area contributed by atoms with Crippen LogP contribution in [0.3, 0.4) is 0 Å². The van der Waals surface area contributed by atoms with Crippen molar-refractivity contribution in [2.45, 2.75) is 77.0 Å². The summed E-state index contributed by atoms with van der Waals surface area (Å²) in [6.45, 7) is 5.77. The first-order valence-electron chi connectivity index (χ1n) is 8.03. The van der Waals surface area contributed by atoms with E-state index >= 15 is 0 Å². The van der Waals surface area contributed by atoms with Gasteiger partial charge in [-0.2, -0.15) is 0 Å². The lowest BCUT2D eigenvalue weighted by molar-refractivity contribution is 0.0150. The number of hydrogen-bond donors (Lipinski definition) is 2. The van der Waals surface area contributed by atoms with Gasteiger partial charge in [-0.1, -0.05) is 26.7 Å². The Morgan fingerprint density at radius 2 is 1.89 bits per heavy atom. The molecule has 3 N–H and O–H groups in total. The van der Waals surface area contributed by atoms with Gasteiger partial charge in [0, 0.05) is 18.6 Å². The van der Waals surface area contributed by atoms with Crippen LogP contribution in [0.25, 0.3) is 0 Å². The van der Waals surface area contributed by atoms with Crippen LogP contribution >= 0.6 is 0 Å². The van der Waals surface area contributed by atoms with Crippen molar-refractivity contribution in [2.75, 3.05) is 13.6 Å². The summed E-state index contributed by atoms with van der Waals surface area (Å²) >= 11 is 0. The third-order valence-corrected chi connectivity index (χ3v) is 5.36. The van der Waals surface area contributed by atoms with Crippen molar-refractivity contribution < 1.29 is 5.11 Å². The second-order valence-electron chi connectivity index (χ2n) is 7.69. The maximum Gasteiger partial charge on any atom is 0.0695 e. The molecule has 2 saturated carbocycles. The van der Waals surface area contributed by atoms with Gasteiger partial charge < -0.3 is 15.7 Å². The quantitative estimate of drug-likeness (QED) is 0.826. The zero-order valence-corrected chi connectivity index (χ0v) is 12.9. The predicted molar refractivity (Wildman–Crippen MR) is 80.0 cm³/mol. The highest BCUT2D eigenvalue weighted by Gasteiger charge is 2.35. The molecule has 0 spiro atoms. The molecule has 2 aliphatic carbocycles. The SMILES string of the molecule is CN(CC1CC(C)(C)CCC1N)C1CCCCC1O. The fourth-order valence-electron chi connectivity index (χ4n) is 4.07. The molecule has 2 aliphatic rings. The maximum absolute atomic E-state index is 10.2. The highest BCUT2D eigenvalue weighted by Crippen LogP contribution is 2.38. The Labute approximate surface area is 118 Å². The number of likely N-dealkylation sites (N-methyl/N-ethyl adjacent to an activating group) is 1. The molecule has 2 fully saturated rings. The minimum absolute atomic E-state index is 0.133. The summed E-state index contributed by atoms with van der Waals surface area (Å²) in [6.07, 6.45) is 8.04. The Morgan fingerprint density at radius 1 is 1.21 bits per heavy atom. The average molecular weight is 268 g/mol. The van der Waals surface area contributed by atoms with Crippen LogP contribution in [0.2, 0.25) is 0 Å². The first-order chi connectivity index (χ1) is 8.89. The van der Waals surface area contributed by atoms with Gasteiger partial charge in [-0.3, -0.25) is 0 Å². The molecule has 19 heavy (non-hydrogen) atoms. The van der Waals surface area contributed by atoms with E-state index in [1.807, 2.05) is 0 Å². The van der Waals surface area contributed by atoms with Crippen LogP contribution in [0.15, 0.2) is 0 Å². The second kappa shape index (κ2) is 6.11. The van der Waals surface area contributed by atoms with Crippen molar-refractivity contribution in [3.05, 3.63) is 0 Å². The highest BCUT2D eigenvalue weighted by molar-refractivity contribution is 4.90. The van der Waals surface area contributed by atoms with Crippen LogP contribution in [0.4, 0.5) is 0 Å². The smallest absolute Gasteiger partial charge is 0.0695 e. The first kappa shape index (κ1) is 15.3. The summed E-state index contributed by atoms with van der Waals surface area (Å²) in [6, 6.07) is 0.696. The van der Waals surface area contributed by atoms with Crippen LogP contribution in [-0.2, 0) is 0 Å². The molecular formula is C16H32N2O. The number of nitrogens with zero attached hydrogens (tertiary/aromatic N) is 1. The number of rotatable bonds is 3. The summed E-state index contributed by atoms with van der Waals surface area (Å²) in [5.41, 5.74) is 6.76. The molecule has 0 aliphatic heterocycles. The van der Waals surface area contributed by atoms with E-state index in [0.29, 0.717) is 23.4 Å². The molecule has 0 aromatic heterocycles. The van der Waals surface area contributed by atoms with E-state index in [0.717, 1.165) is 25.8 Å². The van der Waals surface area contributed by atoms with E-state index in [1.54, 1.807) is 0 Å². The van der Waals surface area contributed by atoms with Gasteiger partial charge in [0.2, 0.25) is 0 Å². The highest BCUT2D eigenvalue weighted by atomic mass is 16.3. The normalized spacial score (nSPS) is 39.5. The summed E-state index contributed by atoms with van der Waals surface area (Å²) in [4.78, 5) is 2.38. The minimum Gasteiger partial charge on any atom is -0.391 e. The molecule has 3 nitrogen and oxygen atoms in total. The second-order valence-corrected chi connectivity index (χ2v) is 7.69. The molecule has 0 aromatic rings. The Hall–Kier alpha value is -0.120. The monoisotopic (exact) mass is 268 g/mol. The van der Waals surface area contributed by atoms with Gasteiger partial charge in [-0.25, -0.2) is 0 Å². The zero-order chi connectivity index (χ0) is 14.0. The van der Waals surface area contributed by atoms with E-state index < -0.39 is 0 Å². The van der Waals surface area contributed by atoms with Crippen molar-refractivity contribution in [2.24, 2.45) is 17.1 Å². The summed E-state index contributed by atoms with van der Waals surface area (Å²) in [7, 11) is 2.17. The number of aliphatic hydroxyl groups is 1. The maximum atomic E-state index is 10.2. The van der Waals surface area contributed by atoms with Gasteiger partial charge in [-0.15, -0.1) is 0 Å². The summed E-state index contributed by atoms with van der Waals surface area (Å²) < 4.78 is 0. The van der Waals surface area contributed by atoms with Crippen LogP contribution in [0, 0.1) is 11.3 Å². The Morgan fingerprint density at radius 3 is 2.58 bits per heavy atom. The van der Waals surface area contributed by atoms with Gasteiger partial charge >= 0.3 is 0 Å². The minimum atomic E-state index is -0.133. The standard InChI is InChI=1S/C16H32N2O/c1-16(2)9-8-13(17)12(10-16)11-18(3)14-6-4-5-7-15(14)19/h12-15,19H,4-11,17H2,1-3H3. The Balaban J connectivity index is 1.91. The van der Waals surface area contributed by atoms with Crippen molar-refractivity contribution in [1.82, 2.24) is 4.90 Å². The molecule has 4 unspecified atom stereocenters. The van der Waals surface area contributed by atoms with Crippen LogP contribution in [0.1, 0.15) is 58.8 Å².